The van der Waals surface area contributed by atoms with E-state index in [9.17, 15) is 9.59 Å². The zero-order chi connectivity index (χ0) is 17.6. The van der Waals surface area contributed by atoms with E-state index in [1.54, 1.807) is 13.0 Å². The summed E-state index contributed by atoms with van der Waals surface area (Å²) in [4.78, 5) is 31.0. The molecule has 0 atom stereocenters. The number of benzene rings is 1. The third kappa shape index (κ3) is 4.43. The highest BCUT2D eigenvalue weighted by molar-refractivity contribution is 5.99. The quantitative estimate of drug-likeness (QED) is 0.561. The standard InChI is InChI=1S/C17H19N5O3/c1-11-20-16(25-22-11)7-4-8-18-15(23)10-19-17(24)14-9-12-5-2-3-6-13(12)21-14/h2-3,5-6,9,21H,4,7-8,10H2,1H3,(H,18,23)(H,19,24). The molecule has 0 bridgehead atoms. The second kappa shape index (κ2) is 7.61. The third-order valence-electron chi connectivity index (χ3n) is 3.64. The number of amides is 2. The molecule has 8 heteroatoms. The molecule has 3 N–H and O–H groups in total. The van der Waals surface area contributed by atoms with Crippen LogP contribution in [0.3, 0.4) is 0 Å². The molecular formula is C17H19N5O3. The summed E-state index contributed by atoms with van der Waals surface area (Å²) in [6, 6.07) is 9.36. The van der Waals surface area contributed by atoms with Crippen molar-refractivity contribution in [2.75, 3.05) is 13.1 Å². The molecule has 3 rings (SSSR count). The maximum Gasteiger partial charge on any atom is 0.268 e. The van der Waals surface area contributed by atoms with Gasteiger partial charge in [0.1, 0.15) is 5.69 Å². The molecule has 0 saturated carbocycles. The number of fused-ring (bicyclic) bond motifs is 1. The molecule has 130 valence electrons. The fourth-order valence-electron chi connectivity index (χ4n) is 2.42. The van der Waals surface area contributed by atoms with Crippen LogP contribution in [0.1, 0.15) is 28.6 Å². The Hall–Kier alpha value is -3.16. The number of aryl methyl sites for hydroxylation is 2. The largest absolute Gasteiger partial charge is 0.355 e. The van der Waals surface area contributed by atoms with Crippen LogP contribution in [-0.2, 0) is 11.2 Å². The number of H-pyrrole nitrogens is 1. The first-order valence-electron chi connectivity index (χ1n) is 8.03. The zero-order valence-electron chi connectivity index (χ0n) is 13.8. The van der Waals surface area contributed by atoms with E-state index in [-0.39, 0.29) is 18.4 Å². The predicted molar refractivity (Wildman–Crippen MR) is 91.0 cm³/mol. The summed E-state index contributed by atoms with van der Waals surface area (Å²) in [5.74, 6) is 0.594. The summed E-state index contributed by atoms with van der Waals surface area (Å²) in [6.45, 7) is 2.15. The Bertz CT molecular complexity index is 850. The molecule has 0 aliphatic carbocycles. The molecule has 2 aromatic heterocycles. The summed E-state index contributed by atoms with van der Waals surface area (Å²) in [6.07, 6.45) is 1.28. The van der Waals surface area contributed by atoms with Crippen LogP contribution < -0.4 is 10.6 Å². The van der Waals surface area contributed by atoms with Gasteiger partial charge in [0.25, 0.3) is 5.91 Å². The first-order valence-corrected chi connectivity index (χ1v) is 8.03. The highest BCUT2D eigenvalue weighted by atomic mass is 16.5. The second-order valence-electron chi connectivity index (χ2n) is 5.64. The van der Waals surface area contributed by atoms with Gasteiger partial charge in [0.05, 0.1) is 6.54 Å². The van der Waals surface area contributed by atoms with Crippen molar-refractivity contribution in [3.05, 3.63) is 47.7 Å². The molecule has 8 nitrogen and oxygen atoms in total. The number of aromatic amines is 1. The van der Waals surface area contributed by atoms with Crippen molar-refractivity contribution >= 4 is 22.7 Å². The van der Waals surface area contributed by atoms with Crippen LogP contribution in [0.25, 0.3) is 10.9 Å². The van der Waals surface area contributed by atoms with E-state index in [2.05, 4.69) is 25.8 Å². The van der Waals surface area contributed by atoms with E-state index in [0.29, 0.717) is 36.8 Å². The topological polar surface area (TPSA) is 113 Å². The van der Waals surface area contributed by atoms with Crippen molar-refractivity contribution in [3.63, 3.8) is 0 Å². The van der Waals surface area contributed by atoms with Gasteiger partial charge < -0.3 is 20.1 Å². The number of rotatable bonds is 7. The molecule has 0 saturated heterocycles. The molecule has 0 unspecified atom stereocenters. The molecular weight excluding hydrogens is 322 g/mol. The number of para-hydroxylation sites is 1. The van der Waals surface area contributed by atoms with Gasteiger partial charge in [-0.05, 0) is 25.5 Å². The van der Waals surface area contributed by atoms with Gasteiger partial charge in [0.2, 0.25) is 11.8 Å². The van der Waals surface area contributed by atoms with Crippen molar-refractivity contribution in [1.29, 1.82) is 0 Å². The van der Waals surface area contributed by atoms with Gasteiger partial charge in [-0.15, -0.1) is 0 Å². The van der Waals surface area contributed by atoms with Crippen molar-refractivity contribution < 1.29 is 14.1 Å². The lowest BCUT2D eigenvalue weighted by Gasteiger charge is -2.05. The number of hydrogen-bond acceptors (Lipinski definition) is 5. The Morgan fingerprint density at radius 2 is 2.08 bits per heavy atom. The summed E-state index contributed by atoms with van der Waals surface area (Å²) >= 11 is 0. The Labute approximate surface area is 144 Å². The lowest BCUT2D eigenvalue weighted by molar-refractivity contribution is -0.120. The predicted octanol–water partition coefficient (Wildman–Crippen LogP) is 1.34. The minimum Gasteiger partial charge on any atom is -0.355 e. The van der Waals surface area contributed by atoms with E-state index >= 15 is 0 Å². The second-order valence-corrected chi connectivity index (χ2v) is 5.64. The van der Waals surface area contributed by atoms with E-state index in [4.69, 9.17) is 4.52 Å². The number of hydrogen-bond donors (Lipinski definition) is 3. The minimum absolute atomic E-state index is 0.0755. The molecule has 25 heavy (non-hydrogen) atoms. The summed E-state index contributed by atoms with van der Waals surface area (Å²) < 4.78 is 4.99. The average Bonchev–Trinajstić information content (AvgIpc) is 3.22. The maximum atomic E-state index is 12.1. The van der Waals surface area contributed by atoms with E-state index in [1.807, 2.05) is 24.3 Å². The summed E-state index contributed by atoms with van der Waals surface area (Å²) in [5.41, 5.74) is 1.31. The zero-order valence-corrected chi connectivity index (χ0v) is 13.8. The number of aromatic nitrogens is 3. The van der Waals surface area contributed by atoms with Gasteiger partial charge in [-0.1, -0.05) is 23.4 Å². The lowest BCUT2D eigenvalue weighted by Crippen LogP contribution is -2.37. The average molecular weight is 341 g/mol. The molecule has 3 aromatic rings. The van der Waals surface area contributed by atoms with Gasteiger partial charge in [-0.3, -0.25) is 9.59 Å². The van der Waals surface area contributed by atoms with Crippen LogP contribution in [0, 0.1) is 6.92 Å². The van der Waals surface area contributed by atoms with Crippen LogP contribution in [-0.4, -0.2) is 40.0 Å². The Balaban J connectivity index is 1.38. The molecule has 2 amide bonds. The first-order chi connectivity index (χ1) is 12.1. The normalized spacial score (nSPS) is 10.8. The van der Waals surface area contributed by atoms with Gasteiger partial charge >= 0.3 is 0 Å². The van der Waals surface area contributed by atoms with Gasteiger partial charge in [-0.25, -0.2) is 0 Å². The lowest BCUT2D eigenvalue weighted by atomic mass is 10.2. The van der Waals surface area contributed by atoms with Gasteiger partial charge in [0.15, 0.2) is 5.82 Å². The summed E-state index contributed by atoms with van der Waals surface area (Å²) in [5, 5.41) is 9.99. The van der Waals surface area contributed by atoms with Crippen molar-refractivity contribution in [2.45, 2.75) is 19.8 Å². The molecule has 0 radical (unpaired) electrons. The van der Waals surface area contributed by atoms with E-state index in [1.165, 1.54) is 0 Å². The van der Waals surface area contributed by atoms with E-state index in [0.717, 1.165) is 10.9 Å². The first kappa shape index (κ1) is 16.7. The van der Waals surface area contributed by atoms with Crippen molar-refractivity contribution in [3.8, 4) is 0 Å². The fraction of sp³-hybridized carbons (Fsp3) is 0.294. The highest BCUT2D eigenvalue weighted by Gasteiger charge is 2.10. The van der Waals surface area contributed by atoms with Crippen LogP contribution in [0.2, 0.25) is 0 Å². The van der Waals surface area contributed by atoms with Crippen LogP contribution in [0.5, 0.6) is 0 Å². The molecule has 0 fully saturated rings. The highest BCUT2D eigenvalue weighted by Crippen LogP contribution is 2.14. The third-order valence-corrected chi connectivity index (χ3v) is 3.64. The van der Waals surface area contributed by atoms with Crippen molar-refractivity contribution in [2.24, 2.45) is 0 Å². The van der Waals surface area contributed by atoms with Gasteiger partial charge in [0, 0.05) is 23.9 Å². The molecule has 2 heterocycles. The summed E-state index contributed by atoms with van der Waals surface area (Å²) in [7, 11) is 0. The molecule has 0 aliphatic rings. The smallest absolute Gasteiger partial charge is 0.268 e. The fourth-order valence-corrected chi connectivity index (χ4v) is 2.42. The number of carbonyl (C=O) groups is 2. The Morgan fingerprint density at radius 3 is 2.84 bits per heavy atom. The Morgan fingerprint density at radius 1 is 1.24 bits per heavy atom. The number of carbonyl (C=O) groups excluding carboxylic acids is 2. The van der Waals surface area contributed by atoms with Crippen LogP contribution in [0.4, 0.5) is 0 Å². The van der Waals surface area contributed by atoms with E-state index < -0.39 is 0 Å². The van der Waals surface area contributed by atoms with Crippen molar-refractivity contribution in [1.82, 2.24) is 25.8 Å². The monoisotopic (exact) mass is 341 g/mol. The SMILES string of the molecule is Cc1noc(CCCNC(=O)CNC(=O)c2cc3ccccc3[nH]2)n1. The van der Waals surface area contributed by atoms with Crippen LogP contribution in [0.15, 0.2) is 34.9 Å². The molecule has 1 aromatic carbocycles. The number of nitrogens with one attached hydrogen (secondary N) is 3. The Kier molecular flexibility index (Phi) is 5.08. The van der Waals surface area contributed by atoms with Gasteiger partial charge in [-0.2, -0.15) is 4.98 Å². The number of nitrogens with zero attached hydrogens (tertiary/aromatic N) is 2. The minimum atomic E-state index is -0.312. The molecule has 0 aliphatic heterocycles. The molecule has 0 spiro atoms. The maximum absolute atomic E-state index is 12.1. The van der Waals surface area contributed by atoms with Crippen LogP contribution >= 0.6 is 0 Å².